The van der Waals surface area contributed by atoms with Crippen LogP contribution in [0.25, 0.3) is 11.2 Å². The van der Waals surface area contributed by atoms with Crippen molar-refractivity contribution in [2.24, 2.45) is 0 Å². The van der Waals surface area contributed by atoms with Gasteiger partial charge in [0, 0.05) is 25.2 Å². The summed E-state index contributed by atoms with van der Waals surface area (Å²) in [4.78, 5) is 48.6. The van der Waals surface area contributed by atoms with Crippen LogP contribution in [0.2, 0.25) is 0 Å². The average molecular weight is 449 g/mol. The standard InChI is InChI=1S/C20H24N6O4.ClH/c1-13(10-25(2)3)30-20(29)14-4-6-15(7-5-14)24-16(27)8-9-26-12-23-17-18(26)21-11-22-19(17)28;/h4-7,11-13H,8-10H2,1-3H3,(H,24,27)(H,21,22,28);1H. The van der Waals surface area contributed by atoms with Crippen molar-refractivity contribution >= 4 is 41.1 Å². The fraction of sp³-hybridized carbons (Fsp3) is 0.350. The van der Waals surface area contributed by atoms with E-state index in [1.807, 2.05) is 25.9 Å². The Morgan fingerprint density at radius 1 is 1.23 bits per heavy atom. The van der Waals surface area contributed by atoms with Gasteiger partial charge in [-0.05, 0) is 45.3 Å². The molecule has 0 aliphatic heterocycles. The molecule has 1 unspecified atom stereocenters. The van der Waals surface area contributed by atoms with E-state index in [2.05, 4.69) is 20.3 Å². The lowest BCUT2D eigenvalue weighted by Gasteiger charge is -2.17. The fourth-order valence-corrected chi connectivity index (χ4v) is 2.99. The van der Waals surface area contributed by atoms with Gasteiger partial charge in [0.25, 0.3) is 5.56 Å². The Morgan fingerprint density at radius 2 is 1.94 bits per heavy atom. The van der Waals surface area contributed by atoms with E-state index in [1.165, 1.54) is 12.7 Å². The highest BCUT2D eigenvalue weighted by Crippen LogP contribution is 2.12. The molecule has 1 atom stereocenters. The van der Waals surface area contributed by atoms with Gasteiger partial charge in [0.15, 0.2) is 11.2 Å². The molecule has 0 saturated heterocycles. The van der Waals surface area contributed by atoms with Crippen molar-refractivity contribution in [1.82, 2.24) is 24.4 Å². The summed E-state index contributed by atoms with van der Waals surface area (Å²) < 4.78 is 7.04. The van der Waals surface area contributed by atoms with Crippen molar-refractivity contribution < 1.29 is 14.3 Å². The minimum atomic E-state index is -0.406. The second kappa shape index (κ2) is 10.7. The predicted octanol–water partition coefficient (Wildman–Crippen LogP) is 1.68. The van der Waals surface area contributed by atoms with E-state index in [4.69, 9.17) is 4.74 Å². The smallest absolute Gasteiger partial charge is 0.338 e. The number of carbonyl (C=O) groups excluding carboxylic acids is 2. The Balaban J connectivity index is 0.00000341. The number of amides is 1. The van der Waals surface area contributed by atoms with E-state index < -0.39 is 5.97 Å². The predicted molar refractivity (Wildman–Crippen MR) is 119 cm³/mol. The maximum Gasteiger partial charge on any atom is 0.338 e. The van der Waals surface area contributed by atoms with E-state index in [9.17, 15) is 14.4 Å². The first kappa shape index (κ1) is 24.0. The van der Waals surface area contributed by atoms with Crippen molar-refractivity contribution in [2.75, 3.05) is 26.0 Å². The number of anilines is 1. The monoisotopic (exact) mass is 448 g/mol. The molecule has 10 nitrogen and oxygen atoms in total. The number of nitrogens with one attached hydrogen (secondary N) is 2. The number of carbonyl (C=O) groups is 2. The zero-order chi connectivity index (χ0) is 21.7. The first-order chi connectivity index (χ1) is 14.3. The van der Waals surface area contributed by atoms with E-state index in [0.717, 1.165) is 0 Å². The van der Waals surface area contributed by atoms with Crippen LogP contribution in [0.3, 0.4) is 0 Å². The van der Waals surface area contributed by atoms with E-state index in [0.29, 0.717) is 30.0 Å². The number of aromatic nitrogens is 4. The summed E-state index contributed by atoms with van der Waals surface area (Å²) in [6.45, 7) is 2.80. The normalized spacial score (nSPS) is 11.7. The van der Waals surface area contributed by atoms with Gasteiger partial charge in [-0.2, -0.15) is 0 Å². The Kier molecular flexibility index (Phi) is 8.29. The number of rotatable bonds is 8. The largest absolute Gasteiger partial charge is 0.458 e. The molecule has 0 saturated carbocycles. The highest BCUT2D eigenvalue weighted by Gasteiger charge is 2.13. The van der Waals surface area contributed by atoms with Crippen LogP contribution in [-0.4, -0.2) is 63.0 Å². The summed E-state index contributed by atoms with van der Waals surface area (Å²) >= 11 is 0. The lowest BCUT2D eigenvalue weighted by molar-refractivity contribution is -0.116. The molecular weight excluding hydrogens is 424 g/mol. The maximum atomic E-state index is 12.2. The Labute approximate surface area is 185 Å². The average Bonchev–Trinajstić information content (AvgIpc) is 3.10. The van der Waals surface area contributed by atoms with Crippen LogP contribution >= 0.6 is 12.4 Å². The number of aromatic amines is 1. The molecule has 0 bridgehead atoms. The van der Waals surface area contributed by atoms with Crippen LogP contribution < -0.4 is 10.9 Å². The third-order valence-electron chi connectivity index (χ3n) is 4.32. The highest BCUT2D eigenvalue weighted by molar-refractivity contribution is 5.93. The second-order valence-corrected chi connectivity index (χ2v) is 7.20. The van der Waals surface area contributed by atoms with Crippen molar-refractivity contribution in [3.63, 3.8) is 0 Å². The van der Waals surface area contributed by atoms with Crippen LogP contribution in [0.5, 0.6) is 0 Å². The van der Waals surface area contributed by atoms with Crippen LogP contribution in [0.4, 0.5) is 5.69 Å². The number of hydrogen-bond acceptors (Lipinski definition) is 7. The zero-order valence-electron chi connectivity index (χ0n) is 17.5. The molecule has 2 aromatic heterocycles. The quantitative estimate of drug-likeness (QED) is 0.502. The molecule has 1 amide bonds. The molecule has 3 rings (SSSR count). The first-order valence-electron chi connectivity index (χ1n) is 9.47. The number of likely N-dealkylation sites (N-methyl/N-ethyl adjacent to an activating group) is 1. The summed E-state index contributed by atoms with van der Waals surface area (Å²) in [7, 11) is 3.82. The Morgan fingerprint density at radius 3 is 2.61 bits per heavy atom. The molecule has 0 aliphatic rings. The van der Waals surface area contributed by atoms with Gasteiger partial charge in [0.2, 0.25) is 5.91 Å². The number of fused-ring (bicyclic) bond motifs is 1. The minimum absolute atomic E-state index is 0. The zero-order valence-corrected chi connectivity index (χ0v) is 18.3. The Bertz CT molecular complexity index is 1090. The minimum Gasteiger partial charge on any atom is -0.458 e. The molecule has 0 spiro atoms. The number of halogens is 1. The van der Waals surface area contributed by atoms with Crippen molar-refractivity contribution in [2.45, 2.75) is 26.0 Å². The molecule has 166 valence electrons. The van der Waals surface area contributed by atoms with Gasteiger partial charge in [0.1, 0.15) is 6.10 Å². The molecule has 0 radical (unpaired) electrons. The number of esters is 1. The topological polar surface area (TPSA) is 122 Å². The van der Waals surface area contributed by atoms with Gasteiger partial charge in [-0.3, -0.25) is 9.59 Å². The molecule has 2 heterocycles. The summed E-state index contributed by atoms with van der Waals surface area (Å²) in [5, 5.41) is 2.78. The molecular formula is C20H25ClN6O4. The first-order valence-corrected chi connectivity index (χ1v) is 9.47. The van der Waals surface area contributed by atoms with Crippen LogP contribution in [-0.2, 0) is 16.1 Å². The van der Waals surface area contributed by atoms with Crippen LogP contribution in [0, 0.1) is 0 Å². The maximum absolute atomic E-state index is 12.2. The molecule has 31 heavy (non-hydrogen) atoms. The number of nitrogens with zero attached hydrogens (tertiary/aromatic N) is 4. The number of benzene rings is 1. The number of H-pyrrole nitrogens is 1. The Hall–Kier alpha value is -3.24. The van der Waals surface area contributed by atoms with Gasteiger partial charge < -0.3 is 24.5 Å². The van der Waals surface area contributed by atoms with Crippen LogP contribution in [0.15, 0.2) is 41.7 Å². The van der Waals surface area contributed by atoms with Gasteiger partial charge in [-0.1, -0.05) is 0 Å². The number of hydrogen-bond donors (Lipinski definition) is 2. The van der Waals surface area contributed by atoms with E-state index in [-0.39, 0.29) is 41.9 Å². The van der Waals surface area contributed by atoms with Gasteiger partial charge in [0.05, 0.1) is 18.2 Å². The summed E-state index contributed by atoms with van der Waals surface area (Å²) in [5.74, 6) is -0.617. The molecule has 3 aromatic rings. The van der Waals surface area contributed by atoms with E-state index in [1.54, 1.807) is 28.8 Å². The second-order valence-electron chi connectivity index (χ2n) is 7.20. The fourth-order valence-electron chi connectivity index (χ4n) is 2.99. The highest BCUT2D eigenvalue weighted by atomic mass is 35.5. The molecule has 11 heteroatoms. The van der Waals surface area contributed by atoms with Crippen molar-refractivity contribution in [3.05, 3.63) is 52.8 Å². The molecule has 0 aliphatic carbocycles. The molecule has 1 aromatic carbocycles. The third-order valence-corrected chi connectivity index (χ3v) is 4.32. The van der Waals surface area contributed by atoms with Gasteiger partial charge >= 0.3 is 5.97 Å². The van der Waals surface area contributed by atoms with Crippen LogP contribution in [0.1, 0.15) is 23.7 Å². The van der Waals surface area contributed by atoms with E-state index >= 15 is 0 Å². The van der Waals surface area contributed by atoms with Gasteiger partial charge in [-0.25, -0.2) is 14.8 Å². The third kappa shape index (κ3) is 6.37. The summed E-state index contributed by atoms with van der Waals surface area (Å²) in [5.41, 5.74) is 1.33. The lowest BCUT2D eigenvalue weighted by atomic mass is 10.2. The lowest BCUT2D eigenvalue weighted by Crippen LogP contribution is -2.28. The van der Waals surface area contributed by atoms with Crippen molar-refractivity contribution in [1.29, 1.82) is 0 Å². The number of ether oxygens (including phenoxy) is 1. The molecule has 2 N–H and O–H groups in total. The summed E-state index contributed by atoms with van der Waals surface area (Å²) in [6, 6.07) is 6.53. The number of aryl methyl sites for hydroxylation is 1. The number of imidazole rings is 1. The van der Waals surface area contributed by atoms with Crippen molar-refractivity contribution in [3.8, 4) is 0 Å². The van der Waals surface area contributed by atoms with Gasteiger partial charge in [-0.15, -0.1) is 12.4 Å². The SMILES string of the molecule is CC(CN(C)C)OC(=O)c1ccc(NC(=O)CCn2cnc3c(=O)[nH]cnc32)cc1.Cl. The molecule has 0 fully saturated rings. The summed E-state index contributed by atoms with van der Waals surface area (Å²) in [6.07, 6.45) is 2.73.